The van der Waals surface area contributed by atoms with Crippen molar-refractivity contribution in [3.63, 3.8) is 0 Å². The molecule has 22 heavy (non-hydrogen) atoms. The number of piperidine rings is 1. The molecule has 1 heterocycles. The third kappa shape index (κ3) is 4.31. The molecule has 1 fully saturated rings. The topological polar surface area (TPSA) is 49.6 Å². The molecule has 4 heteroatoms. The largest absolute Gasteiger partial charge is 0.335 e. The molecule has 0 spiro atoms. The summed E-state index contributed by atoms with van der Waals surface area (Å²) in [5.41, 5.74) is 7.17. The van der Waals surface area contributed by atoms with Crippen LogP contribution < -0.4 is 5.73 Å². The van der Waals surface area contributed by atoms with Gasteiger partial charge in [0.05, 0.1) is 6.04 Å². The van der Waals surface area contributed by atoms with Crippen molar-refractivity contribution >= 4 is 5.91 Å². The van der Waals surface area contributed by atoms with Gasteiger partial charge < -0.3 is 10.6 Å². The minimum absolute atomic E-state index is 0.0709. The van der Waals surface area contributed by atoms with Gasteiger partial charge in [-0.05, 0) is 45.7 Å². The van der Waals surface area contributed by atoms with Crippen LogP contribution in [0.4, 0.5) is 0 Å². The molecule has 1 aliphatic heterocycles. The molecule has 0 radical (unpaired) electrons. The Morgan fingerprint density at radius 3 is 2.59 bits per heavy atom. The van der Waals surface area contributed by atoms with Crippen molar-refractivity contribution in [2.45, 2.75) is 58.3 Å². The molecule has 1 aliphatic rings. The van der Waals surface area contributed by atoms with Crippen LogP contribution in [0.15, 0.2) is 30.3 Å². The first-order valence-electron chi connectivity index (χ1n) is 8.33. The fraction of sp³-hybridized carbons (Fsp3) is 0.611. The zero-order valence-electron chi connectivity index (χ0n) is 14.0. The molecule has 1 aromatic rings. The van der Waals surface area contributed by atoms with Crippen molar-refractivity contribution in [3.8, 4) is 0 Å². The molecule has 0 saturated carbocycles. The second-order valence-corrected chi connectivity index (χ2v) is 6.64. The van der Waals surface area contributed by atoms with Gasteiger partial charge in [0.1, 0.15) is 0 Å². The van der Waals surface area contributed by atoms with Crippen LogP contribution in [0.3, 0.4) is 0 Å². The number of likely N-dealkylation sites (tertiary alicyclic amines) is 1. The molecule has 2 atom stereocenters. The fourth-order valence-electron chi connectivity index (χ4n) is 3.33. The number of benzene rings is 1. The van der Waals surface area contributed by atoms with Crippen LogP contribution in [0.2, 0.25) is 0 Å². The third-order valence-electron chi connectivity index (χ3n) is 4.32. The number of hydrogen-bond donors (Lipinski definition) is 1. The van der Waals surface area contributed by atoms with Gasteiger partial charge in [-0.2, -0.15) is 0 Å². The lowest BCUT2D eigenvalue weighted by Gasteiger charge is -2.42. The summed E-state index contributed by atoms with van der Waals surface area (Å²) in [6.07, 6.45) is 2.20. The first kappa shape index (κ1) is 17.0. The van der Waals surface area contributed by atoms with E-state index in [0.717, 1.165) is 32.5 Å². The van der Waals surface area contributed by atoms with E-state index in [1.54, 1.807) is 6.92 Å². The molecule has 4 nitrogen and oxygen atoms in total. The van der Waals surface area contributed by atoms with Gasteiger partial charge in [-0.15, -0.1) is 0 Å². The van der Waals surface area contributed by atoms with Gasteiger partial charge >= 0.3 is 0 Å². The number of amides is 1. The Labute approximate surface area is 134 Å². The SMILES string of the molecule is CC(N)C(=O)N(C(C)C)[C@H]1CCCN(Cc2ccccc2)C1. The average Bonchev–Trinajstić information content (AvgIpc) is 2.48. The Balaban J connectivity index is 2.03. The highest BCUT2D eigenvalue weighted by Crippen LogP contribution is 2.20. The summed E-state index contributed by atoms with van der Waals surface area (Å²) in [7, 11) is 0. The maximum atomic E-state index is 12.4. The molecule has 2 rings (SSSR count). The summed E-state index contributed by atoms with van der Waals surface area (Å²) < 4.78 is 0. The van der Waals surface area contributed by atoms with Gasteiger partial charge in [-0.1, -0.05) is 30.3 Å². The number of carbonyl (C=O) groups excluding carboxylic acids is 1. The van der Waals surface area contributed by atoms with E-state index >= 15 is 0 Å². The van der Waals surface area contributed by atoms with Gasteiger partial charge in [-0.25, -0.2) is 0 Å². The molecule has 0 aromatic heterocycles. The highest BCUT2D eigenvalue weighted by atomic mass is 16.2. The summed E-state index contributed by atoms with van der Waals surface area (Å²) in [4.78, 5) is 16.9. The molecule has 0 aliphatic carbocycles. The van der Waals surface area contributed by atoms with Crippen LogP contribution in [0.5, 0.6) is 0 Å². The standard InChI is InChI=1S/C18H29N3O/c1-14(2)21(18(22)15(3)19)17-10-7-11-20(13-17)12-16-8-5-4-6-9-16/h4-6,8-9,14-15,17H,7,10-13,19H2,1-3H3/t15?,17-/m0/s1. The molecule has 1 aromatic carbocycles. The number of nitrogens with two attached hydrogens (primary N) is 1. The van der Waals surface area contributed by atoms with Crippen molar-refractivity contribution < 1.29 is 4.79 Å². The third-order valence-corrected chi connectivity index (χ3v) is 4.32. The number of hydrogen-bond acceptors (Lipinski definition) is 3. The maximum Gasteiger partial charge on any atom is 0.239 e. The second kappa shape index (κ2) is 7.75. The highest BCUT2D eigenvalue weighted by Gasteiger charge is 2.31. The van der Waals surface area contributed by atoms with Crippen LogP contribution >= 0.6 is 0 Å². The number of nitrogens with zero attached hydrogens (tertiary/aromatic N) is 2. The minimum atomic E-state index is -0.424. The molecule has 1 amide bonds. The van der Waals surface area contributed by atoms with Crippen molar-refractivity contribution in [2.75, 3.05) is 13.1 Å². The maximum absolute atomic E-state index is 12.4. The molecule has 1 saturated heterocycles. The van der Waals surface area contributed by atoms with Crippen LogP contribution in [0.1, 0.15) is 39.2 Å². The van der Waals surface area contributed by atoms with Crippen LogP contribution in [-0.4, -0.2) is 46.9 Å². The van der Waals surface area contributed by atoms with Crippen LogP contribution in [0, 0.1) is 0 Å². The van der Waals surface area contributed by atoms with Gasteiger partial charge in [-0.3, -0.25) is 9.69 Å². The van der Waals surface area contributed by atoms with E-state index in [1.807, 2.05) is 11.0 Å². The predicted octanol–water partition coefficient (Wildman–Crippen LogP) is 2.24. The Bertz CT molecular complexity index is 472. The molecule has 0 bridgehead atoms. The lowest BCUT2D eigenvalue weighted by Crippen LogP contribution is -2.56. The van der Waals surface area contributed by atoms with Gasteiger partial charge in [0.15, 0.2) is 0 Å². The molecule has 122 valence electrons. The van der Waals surface area contributed by atoms with E-state index in [9.17, 15) is 4.79 Å². The highest BCUT2D eigenvalue weighted by molar-refractivity contribution is 5.81. The van der Waals surface area contributed by atoms with Crippen molar-refractivity contribution in [1.82, 2.24) is 9.80 Å². The zero-order chi connectivity index (χ0) is 16.1. The monoisotopic (exact) mass is 303 g/mol. The first-order valence-corrected chi connectivity index (χ1v) is 8.33. The molecular weight excluding hydrogens is 274 g/mol. The van der Waals surface area contributed by atoms with Gasteiger partial charge in [0.2, 0.25) is 5.91 Å². The Kier molecular flexibility index (Phi) is 5.98. The van der Waals surface area contributed by atoms with Crippen molar-refractivity contribution in [2.24, 2.45) is 5.73 Å². The molecule has 1 unspecified atom stereocenters. The average molecular weight is 303 g/mol. The summed E-state index contributed by atoms with van der Waals surface area (Å²) in [5, 5.41) is 0. The summed E-state index contributed by atoms with van der Waals surface area (Å²) >= 11 is 0. The van der Waals surface area contributed by atoms with E-state index < -0.39 is 6.04 Å². The first-order chi connectivity index (χ1) is 10.5. The van der Waals surface area contributed by atoms with E-state index in [-0.39, 0.29) is 18.0 Å². The number of rotatable bonds is 5. The predicted molar refractivity (Wildman–Crippen MR) is 90.4 cm³/mol. The van der Waals surface area contributed by atoms with Gasteiger partial charge in [0.25, 0.3) is 0 Å². The van der Waals surface area contributed by atoms with E-state index in [1.165, 1.54) is 5.56 Å². The quantitative estimate of drug-likeness (QED) is 0.907. The van der Waals surface area contributed by atoms with Crippen LogP contribution in [-0.2, 0) is 11.3 Å². The lowest BCUT2D eigenvalue weighted by molar-refractivity contribution is -0.138. The summed E-state index contributed by atoms with van der Waals surface area (Å²) in [6.45, 7) is 8.93. The number of carbonyl (C=O) groups is 1. The summed E-state index contributed by atoms with van der Waals surface area (Å²) in [5.74, 6) is 0.0709. The minimum Gasteiger partial charge on any atom is -0.335 e. The normalized spacial score (nSPS) is 20.9. The molecule has 2 N–H and O–H groups in total. The Morgan fingerprint density at radius 2 is 2.00 bits per heavy atom. The Hall–Kier alpha value is -1.39. The second-order valence-electron chi connectivity index (χ2n) is 6.64. The van der Waals surface area contributed by atoms with E-state index in [0.29, 0.717) is 0 Å². The molecular formula is C18H29N3O. The zero-order valence-corrected chi connectivity index (χ0v) is 14.0. The fourth-order valence-corrected chi connectivity index (χ4v) is 3.33. The summed E-state index contributed by atoms with van der Waals surface area (Å²) in [6, 6.07) is 10.6. The van der Waals surface area contributed by atoms with E-state index in [4.69, 9.17) is 5.73 Å². The van der Waals surface area contributed by atoms with Crippen molar-refractivity contribution in [1.29, 1.82) is 0 Å². The lowest BCUT2D eigenvalue weighted by atomic mass is 10.0. The van der Waals surface area contributed by atoms with Crippen LogP contribution in [0.25, 0.3) is 0 Å². The van der Waals surface area contributed by atoms with E-state index in [2.05, 4.69) is 43.0 Å². The Morgan fingerprint density at radius 1 is 1.32 bits per heavy atom. The smallest absolute Gasteiger partial charge is 0.239 e. The van der Waals surface area contributed by atoms with Gasteiger partial charge in [0, 0.05) is 25.2 Å². The van der Waals surface area contributed by atoms with Crippen molar-refractivity contribution in [3.05, 3.63) is 35.9 Å².